The Balaban J connectivity index is 1.26. The topological polar surface area (TPSA) is 76.4 Å². The molecular formula is C33H38F2N6O2. The molecule has 2 fully saturated rings. The summed E-state index contributed by atoms with van der Waals surface area (Å²) in [5.41, 5.74) is 2.69. The van der Waals surface area contributed by atoms with E-state index in [0.717, 1.165) is 53.9 Å². The summed E-state index contributed by atoms with van der Waals surface area (Å²) < 4.78 is 36.4. The molecule has 2 atom stereocenters. The number of rotatable bonds is 4. The highest BCUT2D eigenvalue weighted by Gasteiger charge is 2.40. The van der Waals surface area contributed by atoms with Gasteiger partial charge < -0.3 is 14.5 Å². The molecule has 0 saturated carbocycles. The largest absolute Gasteiger partial charge is 0.444 e. The molecular weight excluding hydrogens is 550 g/mol. The zero-order valence-corrected chi connectivity index (χ0v) is 25.3. The second kappa shape index (κ2) is 10.9. The fourth-order valence-corrected chi connectivity index (χ4v) is 6.47. The van der Waals surface area contributed by atoms with Crippen LogP contribution in [0.2, 0.25) is 0 Å². The van der Waals surface area contributed by atoms with E-state index >= 15 is 0 Å². The molecule has 1 unspecified atom stereocenters. The van der Waals surface area contributed by atoms with Crippen molar-refractivity contribution in [2.24, 2.45) is 0 Å². The van der Waals surface area contributed by atoms with Gasteiger partial charge in [-0.1, -0.05) is 0 Å². The van der Waals surface area contributed by atoms with Crippen LogP contribution in [0.4, 0.5) is 19.4 Å². The van der Waals surface area contributed by atoms with Crippen LogP contribution in [0.1, 0.15) is 77.9 Å². The summed E-state index contributed by atoms with van der Waals surface area (Å²) in [6, 6.07) is 9.22. The number of hydrogen-bond donors (Lipinski definition) is 0. The van der Waals surface area contributed by atoms with Crippen LogP contribution in [0.25, 0.3) is 22.2 Å². The van der Waals surface area contributed by atoms with E-state index in [-0.39, 0.29) is 18.2 Å². The summed E-state index contributed by atoms with van der Waals surface area (Å²) in [5.74, 6) is -0.150. The van der Waals surface area contributed by atoms with Gasteiger partial charge in [-0.25, -0.2) is 18.6 Å². The highest BCUT2D eigenvalue weighted by molar-refractivity contribution is 5.91. The molecule has 5 heterocycles. The molecule has 8 nitrogen and oxygen atoms in total. The van der Waals surface area contributed by atoms with Crippen molar-refractivity contribution in [3.05, 3.63) is 72.2 Å². The molecule has 0 spiro atoms. The van der Waals surface area contributed by atoms with Crippen molar-refractivity contribution in [2.75, 3.05) is 18.0 Å². The van der Waals surface area contributed by atoms with Crippen LogP contribution in [-0.2, 0) is 4.74 Å². The molecule has 0 radical (unpaired) electrons. The van der Waals surface area contributed by atoms with E-state index in [2.05, 4.69) is 23.7 Å². The molecule has 3 aromatic heterocycles. The average molecular weight is 589 g/mol. The summed E-state index contributed by atoms with van der Waals surface area (Å²) in [7, 11) is 0. The summed E-state index contributed by atoms with van der Waals surface area (Å²) in [6.07, 6.45) is 8.43. The van der Waals surface area contributed by atoms with Crippen molar-refractivity contribution in [1.82, 2.24) is 24.6 Å². The molecule has 0 N–H and O–H groups in total. The first-order chi connectivity index (χ1) is 20.4. The van der Waals surface area contributed by atoms with Crippen LogP contribution in [0.5, 0.6) is 0 Å². The summed E-state index contributed by atoms with van der Waals surface area (Å²) in [4.78, 5) is 26.3. The van der Waals surface area contributed by atoms with Crippen LogP contribution >= 0.6 is 0 Å². The van der Waals surface area contributed by atoms with Gasteiger partial charge in [-0.05, 0) is 96.7 Å². The molecule has 1 aromatic carbocycles. The number of nitrogens with zero attached hydrogens (tertiary/aromatic N) is 6. The Bertz CT molecular complexity index is 1660. The number of fused-ring (bicyclic) bond motifs is 1. The molecule has 0 aliphatic carbocycles. The molecule has 10 heteroatoms. The van der Waals surface area contributed by atoms with Gasteiger partial charge in [0.15, 0.2) is 0 Å². The molecule has 226 valence electrons. The first-order valence-electron chi connectivity index (χ1n) is 14.9. The third-order valence-corrected chi connectivity index (χ3v) is 8.49. The van der Waals surface area contributed by atoms with E-state index < -0.39 is 22.8 Å². The summed E-state index contributed by atoms with van der Waals surface area (Å²) >= 11 is 0. The molecule has 2 aliphatic heterocycles. The van der Waals surface area contributed by atoms with Gasteiger partial charge in [-0.15, -0.1) is 0 Å². The maximum Gasteiger partial charge on any atom is 0.410 e. The van der Waals surface area contributed by atoms with Gasteiger partial charge in [0.25, 0.3) is 0 Å². The standard InChI is InChI=1S/C33H38F2N6O2/c1-32(2,3)43-31(42)40-16-13-23(18-33(40,4)5)41-20-21(19-37-41)24-12-14-36-27-10-11-29(38-30(24)27)39-15-6-7-28(39)25-17-22(34)8-9-26(25)35/h8-12,14,17,19-20,23,28H,6-7,13,15-16,18H2,1-5H3/t23?,28-/m1/s1. The summed E-state index contributed by atoms with van der Waals surface area (Å²) in [5, 5.41) is 4.73. The minimum atomic E-state index is -0.548. The number of carbonyl (C=O) groups is 1. The lowest BCUT2D eigenvalue weighted by Crippen LogP contribution is -2.54. The van der Waals surface area contributed by atoms with Gasteiger partial charge in [-0.3, -0.25) is 9.67 Å². The zero-order valence-electron chi connectivity index (χ0n) is 25.3. The van der Waals surface area contributed by atoms with Crippen LogP contribution in [0.15, 0.2) is 55.0 Å². The number of anilines is 1. The Morgan fingerprint density at radius 1 is 1.07 bits per heavy atom. The molecule has 2 saturated heterocycles. The van der Waals surface area contributed by atoms with E-state index in [9.17, 15) is 13.6 Å². The molecule has 6 rings (SSSR count). The fraction of sp³-hybridized carbons (Fsp3) is 0.455. The monoisotopic (exact) mass is 588 g/mol. The number of piperidine rings is 1. The number of hydrogen-bond acceptors (Lipinski definition) is 6. The van der Waals surface area contributed by atoms with Crippen molar-refractivity contribution in [2.45, 2.75) is 83.5 Å². The highest BCUT2D eigenvalue weighted by Crippen LogP contribution is 2.39. The molecule has 0 bridgehead atoms. The van der Waals surface area contributed by atoms with Crippen molar-refractivity contribution >= 4 is 22.9 Å². The van der Waals surface area contributed by atoms with Crippen LogP contribution < -0.4 is 4.90 Å². The number of pyridine rings is 2. The van der Waals surface area contributed by atoms with Crippen LogP contribution in [-0.4, -0.2) is 55.0 Å². The van der Waals surface area contributed by atoms with E-state index in [1.165, 1.54) is 12.1 Å². The second-order valence-electron chi connectivity index (χ2n) is 13.2. The van der Waals surface area contributed by atoms with Gasteiger partial charge >= 0.3 is 6.09 Å². The Kier molecular flexibility index (Phi) is 7.34. The Labute approximate surface area is 250 Å². The minimum absolute atomic E-state index is 0.116. The number of likely N-dealkylation sites (tertiary alicyclic amines) is 1. The van der Waals surface area contributed by atoms with Gasteiger partial charge in [0.05, 0.1) is 29.3 Å². The van der Waals surface area contributed by atoms with Crippen molar-refractivity contribution < 1.29 is 18.3 Å². The molecule has 2 aliphatic rings. The Hall–Kier alpha value is -4.08. The van der Waals surface area contributed by atoms with Gasteiger partial charge in [-0.2, -0.15) is 5.10 Å². The van der Waals surface area contributed by atoms with E-state index in [1.54, 1.807) is 6.20 Å². The number of aromatic nitrogens is 4. The van der Waals surface area contributed by atoms with Gasteiger partial charge in [0.2, 0.25) is 0 Å². The zero-order chi connectivity index (χ0) is 30.5. The van der Waals surface area contributed by atoms with Crippen molar-refractivity contribution in [3.63, 3.8) is 0 Å². The van der Waals surface area contributed by atoms with Crippen molar-refractivity contribution in [3.8, 4) is 11.1 Å². The van der Waals surface area contributed by atoms with Gasteiger partial charge in [0.1, 0.15) is 23.1 Å². The van der Waals surface area contributed by atoms with Crippen LogP contribution in [0, 0.1) is 11.6 Å². The third kappa shape index (κ3) is 5.79. The first-order valence-corrected chi connectivity index (χ1v) is 14.9. The van der Waals surface area contributed by atoms with E-state index in [1.807, 2.05) is 60.9 Å². The molecule has 43 heavy (non-hydrogen) atoms. The number of carbonyl (C=O) groups excluding carboxylic acids is 1. The predicted octanol–water partition coefficient (Wildman–Crippen LogP) is 7.46. The number of benzene rings is 1. The minimum Gasteiger partial charge on any atom is -0.444 e. The fourth-order valence-electron chi connectivity index (χ4n) is 6.47. The predicted molar refractivity (Wildman–Crippen MR) is 162 cm³/mol. The third-order valence-electron chi connectivity index (χ3n) is 8.49. The molecule has 4 aromatic rings. The van der Waals surface area contributed by atoms with Crippen LogP contribution in [0.3, 0.4) is 0 Å². The normalized spacial score (nSPS) is 20.5. The summed E-state index contributed by atoms with van der Waals surface area (Å²) in [6.45, 7) is 11.0. The maximum atomic E-state index is 14.7. The first kappa shape index (κ1) is 29.0. The Morgan fingerprint density at radius 3 is 2.65 bits per heavy atom. The van der Waals surface area contributed by atoms with Gasteiger partial charge in [0, 0.05) is 47.7 Å². The lowest BCUT2D eigenvalue weighted by Gasteiger charge is -2.45. The maximum absolute atomic E-state index is 14.7. The van der Waals surface area contributed by atoms with Crippen molar-refractivity contribution in [1.29, 1.82) is 0 Å². The smallest absolute Gasteiger partial charge is 0.410 e. The Morgan fingerprint density at radius 2 is 1.88 bits per heavy atom. The number of ether oxygens (including phenoxy) is 1. The average Bonchev–Trinajstić information content (AvgIpc) is 3.63. The van der Waals surface area contributed by atoms with E-state index in [4.69, 9.17) is 14.8 Å². The quantitative estimate of drug-likeness (QED) is 0.246. The van der Waals surface area contributed by atoms with E-state index in [0.29, 0.717) is 24.5 Å². The second-order valence-corrected chi connectivity index (χ2v) is 13.2. The molecule has 1 amide bonds. The number of halogens is 2. The lowest BCUT2D eigenvalue weighted by atomic mass is 9.87. The highest BCUT2D eigenvalue weighted by atomic mass is 19.1. The number of amides is 1. The SMILES string of the molecule is CC(C)(C)OC(=O)N1CCC(n2cc(-c3ccnc4ccc(N5CCC[C@@H]5c5cc(F)ccc5F)nc34)cn2)CC1(C)C. The lowest BCUT2D eigenvalue weighted by molar-refractivity contribution is -0.0143.